The van der Waals surface area contributed by atoms with Crippen LogP contribution in [0.15, 0.2) is 17.2 Å². The highest BCUT2D eigenvalue weighted by molar-refractivity contribution is 8.03. The molecule has 22 heavy (non-hydrogen) atoms. The molecule has 1 aromatic heterocycles. The van der Waals surface area contributed by atoms with E-state index in [9.17, 15) is 0 Å². The molecule has 1 aromatic rings. The van der Waals surface area contributed by atoms with Crippen LogP contribution in [0.25, 0.3) is 11.1 Å². The quantitative estimate of drug-likeness (QED) is 0.623. The Morgan fingerprint density at radius 3 is 2.18 bits per heavy atom. The molecule has 0 saturated heterocycles. The predicted octanol–water partition coefficient (Wildman–Crippen LogP) is 6.44. The maximum atomic E-state index is 4.72. The number of allylic oxidation sites excluding steroid dienone is 2. The molecule has 0 aromatic carbocycles. The number of fused-ring (bicyclic) bond motifs is 1. The van der Waals surface area contributed by atoms with Crippen LogP contribution in [-0.2, 0) is 0 Å². The zero-order valence-electron chi connectivity index (χ0n) is 15.2. The third kappa shape index (κ3) is 3.03. The van der Waals surface area contributed by atoms with Gasteiger partial charge in [-0.25, -0.2) is 0 Å². The third-order valence-corrected chi connectivity index (χ3v) is 5.96. The van der Waals surface area contributed by atoms with Gasteiger partial charge in [-0.15, -0.1) is 11.8 Å². The molecule has 1 atom stereocenters. The molecular formula is C20H29NS. The molecule has 2 heterocycles. The average Bonchev–Trinajstić information content (AvgIpc) is 2.44. The Labute approximate surface area is 140 Å². The maximum absolute atomic E-state index is 4.72. The summed E-state index contributed by atoms with van der Waals surface area (Å²) in [5.74, 6) is 1.00. The summed E-state index contributed by atoms with van der Waals surface area (Å²) in [7, 11) is 0. The minimum atomic E-state index is 0.485. The molecule has 1 aliphatic rings. The van der Waals surface area contributed by atoms with Crippen molar-refractivity contribution in [2.75, 3.05) is 0 Å². The van der Waals surface area contributed by atoms with Crippen molar-refractivity contribution < 1.29 is 0 Å². The van der Waals surface area contributed by atoms with Crippen molar-refractivity contribution in [3.05, 3.63) is 39.6 Å². The fourth-order valence-electron chi connectivity index (χ4n) is 3.09. The summed E-state index contributed by atoms with van der Waals surface area (Å²) in [6.45, 7) is 18.1. The molecule has 2 heteroatoms. The molecule has 0 amide bonds. The van der Waals surface area contributed by atoms with Gasteiger partial charge in [0.15, 0.2) is 0 Å². The van der Waals surface area contributed by atoms with Gasteiger partial charge in [0, 0.05) is 22.7 Å². The number of hydrogen-bond acceptors (Lipinski definition) is 2. The molecule has 0 saturated carbocycles. The number of thioether (sulfide) groups is 1. The summed E-state index contributed by atoms with van der Waals surface area (Å²) in [4.78, 5) is 4.72. The second-order valence-electron chi connectivity index (χ2n) is 7.02. The molecular weight excluding hydrogens is 286 g/mol. The summed E-state index contributed by atoms with van der Waals surface area (Å²) in [6, 6.07) is 0. The summed E-state index contributed by atoms with van der Waals surface area (Å²) in [5.41, 5.74) is 9.69. The molecule has 0 fully saturated rings. The zero-order valence-corrected chi connectivity index (χ0v) is 16.1. The number of hydrogen-bond donors (Lipinski definition) is 0. The van der Waals surface area contributed by atoms with E-state index < -0.39 is 0 Å². The Balaban J connectivity index is 2.90. The van der Waals surface area contributed by atoms with Crippen molar-refractivity contribution >= 4 is 22.9 Å². The highest BCUT2D eigenvalue weighted by Gasteiger charge is 2.24. The van der Waals surface area contributed by atoms with E-state index >= 15 is 0 Å². The van der Waals surface area contributed by atoms with E-state index in [1.54, 1.807) is 0 Å². The van der Waals surface area contributed by atoms with Gasteiger partial charge in [0.25, 0.3) is 0 Å². The zero-order chi connectivity index (χ0) is 16.6. The van der Waals surface area contributed by atoms with Gasteiger partial charge >= 0.3 is 0 Å². The number of rotatable bonds is 2. The Morgan fingerprint density at radius 2 is 1.64 bits per heavy atom. The minimum Gasteiger partial charge on any atom is -0.261 e. The van der Waals surface area contributed by atoms with Crippen molar-refractivity contribution in [1.82, 2.24) is 4.98 Å². The minimum absolute atomic E-state index is 0.485. The Kier molecular flexibility index (Phi) is 5.21. The van der Waals surface area contributed by atoms with Gasteiger partial charge < -0.3 is 0 Å². The van der Waals surface area contributed by atoms with Gasteiger partial charge in [0.1, 0.15) is 0 Å². The normalized spacial score (nSPS) is 24.8. The van der Waals surface area contributed by atoms with Crippen LogP contribution in [0.2, 0.25) is 0 Å². The van der Waals surface area contributed by atoms with Gasteiger partial charge in [0.2, 0.25) is 0 Å². The number of aryl methyl sites for hydroxylation is 1. The molecule has 120 valence electrons. The van der Waals surface area contributed by atoms with Gasteiger partial charge in [-0.3, -0.25) is 4.98 Å². The molecule has 1 aliphatic heterocycles. The van der Waals surface area contributed by atoms with Gasteiger partial charge in [-0.2, -0.15) is 0 Å². The lowest BCUT2D eigenvalue weighted by atomic mass is 9.82. The fourth-order valence-corrected chi connectivity index (χ4v) is 4.21. The second-order valence-corrected chi connectivity index (χ2v) is 8.23. The predicted molar refractivity (Wildman–Crippen MR) is 101 cm³/mol. The summed E-state index contributed by atoms with van der Waals surface area (Å²) in [6.07, 6.45) is 2.09. The summed E-state index contributed by atoms with van der Waals surface area (Å²) >= 11 is 1.95. The number of aromatic nitrogens is 1. The first kappa shape index (κ1) is 17.3. The Bertz CT molecular complexity index is 635. The van der Waals surface area contributed by atoms with Crippen LogP contribution in [0.4, 0.5) is 0 Å². The molecule has 0 aliphatic carbocycles. The number of nitrogens with zero attached hydrogens (tertiary/aromatic N) is 1. The topological polar surface area (TPSA) is 12.9 Å². The molecule has 2 rings (SSSR count). The van der Waals surface area contributed by atoms with Crippen molar-refractivity contribution in [3.63, 3.8) is 0 Å². The highest BCUT2D eigenvalue weighted by Crippen LogP contribution is 2.42. The van der Waals surface area contributed by atoms with E-state index in [-0.39, 0.29) is 0 Å². The van der Waals surface area contributed by atoms with Crippen LogP contribution in [0.1, 0.15) is 76.8 Å². The van der Waals surface area contributed by atoms with Crippen molar-refractivity contribution in [1.29, 1.82) is 0 Å². The van der Waals surface area contributed by atoms with E-state index in [0.29, 0.717) is 17.1 Å². The number of pyridine rings is 1. The van der Waals surface area contributed by atoms with E-state index in [1.165, 1.54) is 33.4 Å². The van der Waals surface area contributed by atoms with Gasteiger partial charge in [0.05, 0.1) is 0 Å². The van der Waals surface area contributed by atoms with Crippen LogP contribution >= 0.6 is 11.8 Å². The molecule has 1 nitrogen and oxygen atoms in total. The molecule has 0 unspecified atom stereocenters. The first-order chi connectivity index (χ1) is 10.3. The Hall–Kier alpha value is -1.02. The molecule has 0 spiro atoms. The average molecular weight is 316 g/mol. The SMILES string of the molecule is C/C1=C(\C)[C@H](C)S/C=C(/C(C)C)c2c(C(C)C)cnc(C)c21. The highest BCUT2D eigenvalue weighted by atomic mass is 32.2. The van der Waals surface area contributed by atoms with E-state index in [2.05, 4.69) is 67.0 Å². The van der Waals surface area contributed by atoms with Crippen molar-refractivity contribution in [3.8, 4) is 0 Å². The summed E-state index contributed by atoms with van der Waals surface area (Å²) in [5, 5.41) is 2.92. The van der Waals surface area contributed by atoms with Crippen LogP contribution < -0.4 is 0 Å². The Morgan fingerprint density at radius 1 is 1.00 bits per heavy atom. The first-order valence-corrected chi connectivity index (χ1v) is 9.23. The van der Waals surface area contributed by atoms with Crippen LogP contribution in [0, 0.1) is 12.8 Å². The summed E-state index contributed by atoms with van der Waals surface area (Å²) < 4.78 is 0. The monoisotopic (exact) mass is 315 g/mol. The molecule has 0 radical (unpaired) electrons. The van der Waals surface area contributed by atoms with Crippen LogP contribution in [0.5, 0.6) is 0 Å². The molecule has 0 bridgehead atoms. The lowest BCUT2D eigenvalue weighted by Gasteiger charge is -2.27. The third-order valence-electron chi connectivity index (χ3n) is 4.81. The second kappa shape index (κ2) is 6.62. The standard InChI is InChI=1S/C20H29NS/c1-11(2)17-9-21-15(7)19-14(6)13(5)16(8)22-10-18(12(3)4)20(17)19/h9-12,16H,1-8H3/b14-13-,18-10-/t16-/m0/s1. The fraction of sp³-hybridized carbons (Fsp3) is 0.550. The van der Waals surface area contributed by atoms with Crippen LogP contribution in [-0.4, -0.2) is 10.2 Å². The lowest BCUT2D eigenvalue weighted by Crippen LogP contribution is -2.12. The van der Waals surface area contributed by atoms with Gasteiger partial charge in [-0.1, -0.05) is 33.3 Å². The van der Waals surface area contributed by atoms with E-state index in [4.69, 9.17) is 4.98 Å². The molecule has 0 N–H and O–H groups in total. The first-order valence-electron chi connectivity index (χ1n) is 8.28. The van der Waals surface area contributed by atoms with Crippen molar-refractivity contribution in [2.45, 2.75) is 66.6 Å². The van der Waals surface area contributed by atoms with Crippen LogP contribution in [0.3, 0.4) is 0 Å². The smallest absolute Gasteiger partial charge is 0.0453 e. The van der Waals surface area contributed by atoms with E-state index in [1.807, 2.05) is 11.8 Å². The largest absolute Gasteiger partial charge is 0.261 e. The maximum Gasteiger partial charge on any atom is 0.0453 e. The lowest BCUT2D eigenvalue weighted by molar-refractivity contribution is 0.820. The van der Waals surface area contributed by atoms with E-state index in [0.717, 1.165) is 5.69 Å². The van der Waals surface area contributed by atoms with Crippen molar-refractivity contribution in [2.24, 2.45) is 5.92 Å². The van der Waals surface area contributed by atoms with Gasteiger partial charge in [-0.05, 0) is 67.2 Å².